The van der Waals surface area contributed by atoms with Gasteiger partial charge in [-0.25, -0.2) is 4.39 Å². The summed E-state index contributed by atoms with van der Waals surface area (Å²) in [5.74, 6) is -0.162. The van der Waals surface area contributed by atoms with Gasteiger partial charge in [-0.15, -0.1) is 0 Å². The van der Waals surface area contributed by atoms with E-state index in [9.17, 15) is 9.18 Å². The molecule has 1 atom stereocenters. The van der Waals surface area contributed by atoms with Crippen LogP contribution in [0.2, 0.25) is 0 Å². The second-order valence-electron chi connectivity index (χ2n) is 5.69. The summed E-state index contributed by atoms with van der Waals surface area (Å²) in [6, 6.07) is 10.3. The van der Waals surface area contributed by atoms with Gasteiger partial charge in [0.25, 0.3) is 0 Å². The van der Waals surface area contributed by atoms with Crippen molar-refractivity contribution >= 4 is 5.91 Å². The van der Waals surface area contributed by atoms with E-state index in [0.29, 0.717) is 6.42 Å². The lowest BCUT2D eigenvalue weighted by molar-refractivity contribution is -0.134. The number of likely N-dealkylation sites (tertiary alicyclic amines) is 1. The van der Waals surface area contributed by atoms with Gasteiger partial charge in [0.15, 0.2) is 0 Å². The summed E-state index contributed by atoms with van der Waals surface area (Å²) in [6.07, 6.45) is 6.73. The number of aromatic nitrogens is 1. The molecule has 1 aliphatic rings. The first-order chi connectivity index (χ1) is 10.7. The number of piperidine rings is 1. The molecule has 114 valence electrons. The van der Waals surface area contributed by atoms with E-state index in [0.717, 1.165) is 36.9 Å². The first kappa shape index (κ1) is 14.7. The SMILES string of the molecule is O=C(Cc1cccnc1)N1CCCCC1c1cccc(F)c1. The molecule has 0 bridgehead atoms. The van der Waals surface area contributed by atoms with Gasteiger partial charge in [-0.3, -0.25) is 9.78 Å². The normalized spacial score (nSPS) is 18.2. The molecule has 3 nitrogen and oxygen atoms in total. The molecule has 1 aromatic carbocycles. The van der Waals surface area contributed by atoms with Gasteiger partial charge in [-0.05, 0) is 48.6 Å². The Morgan fingerprint density at radius 2 is 2.18 bits per heavy atom. The second-order valence-corrected chi connectivity index (χ2v) is 5.69. The minimum absolute atomic E-state index is 0.0198. The number of hydrogen-bond donors (Lipinski definition) is 0. The molecule has 1 amide bonds. The fraction of sp³-hybridized carbons (Fsp3) is 0.333. The van der Waals surface area contributed by atoms with Gasteiger partial charge in [0, 0.05) is 18.9 Å². The van der Waals surface area contributed by atoms with Crippen LogP contribution in [0.15, 0.2) is 48.8 Å². The van der Waals surface area contributed by atoms with Crippen molar-refractivity contribution in [3.63, 3.8) is 0 Å². The number of amides is 1. The zero-order valence-electron chi connectivity index (χ0n) is 12.4. The third kappa shape index (κ3) is 3.32. The number of hydrogen-bond acceptors (Lipinski definition) is 2. The average molecular weight is 298 g/mol. The number of halogens is 1. The van der Waals surface area contributed by atoms with E-state index < -0.39 is 0 Å². The smallest absolute Gasteiger partial charge is 0.227 e. The molecule has 3 rings (SSSR count). The van der Waals surface area contributed by atoms with Crippen LogP contribution in [-0.2, 0) is 11.2 Å². The summed E-state index contributed by atoms with van der Waals surface area (Å²) in [4.78, 5) is 18.6. The van der Waals surface area contributed by atoms with Gasteiger partial charge in [-0.2, -0.15) is 0 Å². The number of nitrogens with zero attached hydrogens (tertiary/aromatic N) is 2. The van der Waals surface area contributed by atoms with Crippen LogP contribution < -0.4 is 0 Å². The first-order valence-corrected chi connectivity index (χ1v) is 7.68. The van der Waals surface area contributed by atoms with E-state index in [4.69, 9.17) is 0 Å². The number of carbonyl (C=O) groups excluding carboxylic acids is 1. The summed E-state index contributed by atoms with van der Waals surface area (Å²) in [5, 5.41) is 0. The van der Waals surface area contributed by atoms with Gasteiger partial charge < -0.3 is 4.90 Å². The lowest BCUT2D eigenvalue weighted by atomic mass is 9.94. The predicted molar refractivity (Wildman–Crippen MR) is 82.6 cm³/mol. The van der Waals surface area contributed by atoms with E-state index in [1.54, 1.807) is 24.5 Å². The number of pyridine rings is 1. The number of carbonyl (C=O) groups is 1. The van der Waals surface area contributed by atoms with E-state index in [1.807, 2.05) is 23.1 Å². The Hall–Kier alpha value is -2.23. The van der Waals surface area contributed by atoms with Crippen molar-refractivity contribution in [1.29, 1.82) is 0 Å². The first-order valence-electron chi connectivity index (χ1n) is 7.68. The van der Waals surface area contributed by atoms with Crippen LogP contribution in [0, 0.1) is 5.82 Å². The monoisotopic (exact) mass is 298 g/mol. The summed E-state index contributed by atoms with van der Waals surface area (Å²) in [7, 11) is 0. The molecule has 1 fully saturated rings. The van der Waals surface area contributed by atoms with Crippen molar-refractivity contribution in [1.82, 2.24) is 9.88 Å². The van der Waals surface area contributed by atoms with Crippen molar-refractivity contribution in [2.75, 3.05) is 6.54 Å². The standard InChI is InChI=1S/C18H19FN2O/c19-16-7-3-6-15(12-16)17-8-1-2-10-21(17)18(22)11-14-5-4-9-20-13-14/h3-7,9,12-13,17H,1-2,8,10-11H2. The van der Waals surface area contributed by atoms with Gasteiger partial charge in [-0.1, -0.05) is 18.2 Å². The van der Waals surface area contributed by atoms with Crippen molar-refractivity contribution < 1.29 is 9.18 Å². The fourth-order valence-electron chi connectivity index (χ4n) is 3.07. The maximum Gasteiger partial charge on any atom is 0.227 e. The Balaban J connectivity index is 1.79. The fourth-order valence-corrected chi connectivity index (χ4v) is 3.07. The van der Waals surface area contributed by atoms with E-state index in [1.165, 1.54) is 6.07 Å². The lowest BCUT2D eigenvalue weighted by Crippen LogP contribution is -2.39. The minimum Gasteiger partial charge on any atom is -0.335 e. The quantitative estimate of drug-likeness (QED) is 0.868. The highest BCUT2D eigenvalue weighted by Gasteiger charge is 2.28. The molecule has 1 aromatic heterocycles. The van der Waals surface area contributed by atoms with Crippen LogP contribution in [0.5, 0.6) is 0 Å². The largest absolute Gasteiger partial charge is 0.335 e. The third-order valence-corrected chi connectivity index (χ3v) is 4.13. The number of rotatable bonds is 3. The zero-order chi connectivity index (χ0) is 15.4. The molecule has 0 N–H and O–H groups in total. The molecule has 1 saturated heterocycles. The van der Waals surface area contributed by atoms with Crippen molar-refractivity contribution in [2.45, 2.75) is 31.7 Å². The molecule has 0 radical (unpaired) electrons. The summed E-state index contributed by atoms with van der Waals surface area (Å²) in [5.41, 5.74) is 1.80. The number of benzene rings is 1. The van der Waals surface area contributed by atoms with Crippen molar-refractivity contribution in [3.8, 4) is 0 Å². The third-order valence-electron chi connectivity index (χ3n) is 4.13. The molecule has 1 aliphatic heterocycles. The Morgan fingerprint density at radius 1 is 1.27 bits per heavy atom. The average Bonchev–Trinajstić information content (AvgIpc) is 2.56. The van der Waals surface area contributed by atoms with Crippen LogP contribution in [0.3, 0.4) is 0 Å². The molecule has 0 aliphatic carbocycles. The predicted octanol–water partition coefficient (Wildman–Crippen LogP) is 3.52. The van der Waals surface area contributed by atoms with Gasteiger partial charge >= 0.3 is 0 Å². The lowest BCUT2D eigenvalue weighted by Gasteiger charge is -2.36. The molecule has 1 unspecified atom stereocenters. The van der Waals surface area contributed by atoms with Crippen LogP contribution >= 0.6 is 0 Å². The Labute approximate surface area is 129 Å². The van der Waals surface area contributed by atoms with Crippen LogP contribution in [0.4, 0.5) is 4.39 Å². The highest BCUT2D eigenvalue weighted by atomic mass is 19.1. The topological polar surface area (TPSA) is 33.2 Å². The second kappa shape index (κ2) is 6.69. The molecule has 22 heavy (non-hydrogen) atoms. The molecular weight excluding hydrogens is 279 g/mol. The molecule has 0 spiro atoms. The summed E-state index contributed by atoms with van der Waals surface area (Å²) in [6.45, 7) is 0.736. The molecular formula is C18H19FN2O. The van der Waals surface area contributed by atoms with Crippen molar-refractivity contribution in [2.24, 2.45) is 0 Å². The molecule has 4 heteroatoms. The highest BCUT2D eigenvalue weighted by Crippen LogP contribution is 2.31. The van der Waals surface area contributed by atoms with Crippen molar-refractivity contribution in [3.05, 3.63) is 65.7 Å². The summed E-state index contributed by atoms with van der Waals surface area (Å²) >= 11 is 0. The molecule has 2 heterocycles. The van der Waals surface area contributed by atoms with Crippen LogP contribution in [0.25, 0.3) is 0 Å². The van der Waals surface area contributed by atoms with Crippen LogP contribution in [0.1, 0.15) is 36.4 Å². The Kier molecular flexibility index (Phi) is 4.47. The molecule has 2 aromatic rings. The minimum atomic E-state index is -0.247. The Morgan fingerprint density at radius 3 is 2.95 bits per heavy atom. The zero-order valence-corrected chi connectivity index (χ0v) is 12.4. The summed E-state index contributed by atoms with van der Waals surface area (Å²) < 4.78 is 13.5. The van der Waals surface area contributed by atoms with Gasteiger partial charge in [0.05, 0.1) is 12.5 Å². The molecule has 0 saturated carbocycles. The maximum absolute atomic E-state index is 13.5. The maximum atomic E-state index is 13.5. The van der Waals surface area contributed by atoms with Crippen LogP contribution in [-0.4, -0.2) is 22.3 Å². The van der Waals surface area contributed by atoms with Gasteiger partial charge in [0.1, 0.15) is 5.82 Å². The Bertz CT molecular complexity index is 645. The van der Waals surface area contributed by atoms with E-state index >= 15 is 0 Å². The van der Waals surface area contributed by atoms with Gasteiger partial charge in [0.2, 0.25) is 5.91 Å². The van der Waals surface area contributed by atoms with E-state index in [2.05, 4.69) is 4.98 Å². The van der Waals surface area contributed by atoms with E-state index in [-0.39, 0.29) is 17.8 Å². The highest BCUT2D eigenvalue weighted by molar-refractivity contribution is 5.79.